The number of para-hydroxylation sites is 1. The first-order valence-corrected chi connectivity index (χ1v) is 8.27. The first-order valence-electron chi connectivity index (χ1n) is 7.89. The first-order chi connectivity index (χ1) is 13.0. The number of aromatic nitrogens is 1. The average Bonchev–Trinajstić information content (AvgIpc) is 2.69. The van der Waals surface area contributed by atoms with Gasteiger partial charge >= 0.3 is 5.97 Å². The SMILES string of the molecule is COC(=O)CNC(=O)c1nc(Cl)c2cc(Oc3ccccc3)ccc2c1O. The van der Waals surface area contributed by atoms with Crippen LogP contribution in [-0.4, -0.2) is 35.6 Å². The fraction of sp³-hybridized carbons (Fsp3) is 0.105. The summed E-state index contributed by atoms with van der Waals surface area (Å²) in [6, 6.07) is 14.0. The Morgan fingerprint density at radius 1 is 1.11 bits per heavy atom. The largest absolute Gasteiger partial charge is 0.505 e. The second kappa shape index (κ2) is 7.92. The van der Waals surface area contributed by atoms with E-state index in [-0.39, 0.29) is 23.1 Å². The first kappa shape index (κ1) is 18.5. The van der Waals surface area contributed by atoms with Crippen LogP contribution in [0.15, 0.2) is 48.5 Å². The fourth-order valence-corrected chi connectivity index (χ4v) is 2.64. The zero-order valence-corrected chi connectivity index (χ0v) is 15.0. The summed E-state index contributed by atoms with van der Waals surface area (Å²) in [4.78, 5) is 27.3. The van der Waals surface area contributed by atoms with Crippen molar-refractivity contribution in [3.63, 3.8) is 0 Å². The second-order valence-corrected chi connectivity index (χ2v) is 5.84. The Kier molecular flexibility index (Phi) is 5.42. The molecule has 0 radical (unpaired) electrons. The fourth-order valence-electron chi connectivity index (χ4n) is 2.39. The molecule has 0 bridgehead atoms. The Balaban J connectivity index is 1.92. The third kappa shape index (κ3) is 4.09. The van der Waals surface area contributed by atoms with E-state index < -0.39 is 11.9 Å². The number of nitrogens with one attached hydrogen (secondary N) is 1. The lowest BCUT2D eigenvalue weighted by Gasteiger charge is -2.11. The van der Waals surface area contributed by atoms with Crippen molar-refractivity contribution < 1.29 is 24.2 Å². The van der Waals surface area contributed by atoms with Crippen molar-refractivity contribution >= 4 is 34.2 Å². The van der Waals surface area contributed by atoms with Crippen molar-refractivity contribution in [2.24, 2.45) is 0 Å². The molecule has 27 heavy (non-hydrogen) atoms. The highest BCUT2D eigenvalue weighted by Crippen LogP contribution is 2.35. The lowest BCUT2D eigenvalue weighted by molar-refractivity contribution is -0.139. The number of fused-ring (bicyclic) bond motifs is 1. The maximum Gasteiger partial charge on any atom is 0.325 e. The lowest BCUT2D eigenvalue weighted by atomic mass is 10.1. The Hall–Kier alpha value is -3.32. The van der Waals surface area contributed by atoms with Crippen LogP contribution < -0.4 is 10.1 Å². The Morgan fingerprint density at radius 2 is 1.85 bits per heavy atom. The number of esters is 1. The molecule has 0 aliphatic carbocycles. The highest BCUT2D eigenvalue weighted by Gasteiger charge is 2.19. The Labute approximate surface area is 159 Å². The van der Waals surface area contributed by atoms with Crippen LogP contribution in [0.3, 0.4) is 0 Å². The number of carbonyl (C=O) groups is 2. The zero-order valence-electron chi connectivity index (χ0n) is 14.2. The van der Waals surface area contributed by atoms with Crippen LogP contribution >= 0.6 is 11.6 Å². The van der Waals surface area contributed by atoms with Crippen molar-refractivity contribution in [1.82, 2.24) is 10.3 Å². The summed E-state index contributed by atoms with van der Waals surface area (Å²) in [7, 11) is 1.20. The maximum absolute atomic E-state index is 12.2. The molecular formula is C19H15ClN2O5. The number of hydrogen-bond donors (Lipinski definition) is 2. The molecule has 3 rings (SSSR count). The molecule has 8 heteroatoms. The summed E-state index contributed by atoms with van der Waals surface area (Å²) in [6.45, 7) is -0.351. The van der Waals surface area contributed by atoms with E-state index in [4.69, 9.17) is 16.3 Å². The topological polar surface area (TPSA) is 97.8 Å². The van der Waals surface area contributed by atoms with Crippen molar-refractivity contribution in [2.75, 3.05) is 13.7 Å². The number of nitrogens with zero attached hydrogens (tertiary/aromatic N) is 1. The molecule has 0 fully saturated rings. The van der Waals surface area contributed by atoms with Crippen LogP contribution in [-0.2, 0) is 9.53 Å². The number of rotatable bonds is 5. The summed E-state index contributed by atoms with van der Waals surface area (Å²) in [6.07, 6.45) is 0. The van der Waals surface area contributed by atoms with Crippen molar-refractivity contribution in [2.45, 2.75) is 0 Å². The molecule has 0 spiro atoms. The van der Waals surface area contributed by atoms with Gasteiger partial charge in [-0.1, -0.05) is 29.8 Å². The van der Waals surface area contributed by atoms with Crippen molar-refractivity contribution in [3.05, 3.63) is 59.4 Å². The predicted octanol–water partition coefficient (Wildman–Crippen LogP) is 3.29. The summed E-state index contributed by atoms with van der Waals surface area (Å²) >= 11 is 6.19. The van der Waals surface area contributed by atoms with Gasteiger partial charge in [-0.15, -0.1) is 0 Å². The molecule has 3 aromatic rings. The number of pyridine rings is 1. The van der Waals surface area contributed by atoms with Gasteiger partial charge in [0.25, 0.3) is 5.91 Å². The summed E-state index contributed by atoms with van der Waals surface area (Å²) < 4.78 is 10.2. The zero-order chi connectivity index (χ0) is 19.4. The standard InChI is InChI=1S/C19H15ClN2O5/c1-26-15(23)10-21-19(25)16-17(24)13-8-7-12(9-14(13)18(20)22-16)27-11-5-3-2-4-6-11/h2-9,24H,10H2,1H3,(H,21,25). The maximum atomic E-state index is 12.2. The molecule has 2 N–H and O–H groups in total. The average molecular weight is 387 g/mol. The van der Waals surface area contributed by atoms with Gasteiger partial charge in [0.15, 0.2) is 11.4 Å². The van der Waals surface area contributed by atoms with E-state index in [0.717, 1.165) is 0 Å². The summed E-state index contributed by atoms with van der Waals surface area (Å²) in [5.41, 5.74) is -0.284. The van der Waals surface area contributed by atoms with E-state index >= 15 is 0 Å². The number of halogens is 1. The number of aromatic hydroxyl groups is 1. The van der Waals surface area contributed by atoms with Gasteiger partial charge in [0.05, 0.1) is 7.11 Å². The van der Waals surface area contributed by atoms with Crippen LogP contribution in [0.5, 0.6) is 17.2 Å². The number of methoxy groups -OCH3 is 1. The lowest BCUT2D eigenvalue weighted by Crippen LogP contribution is -2.30. The third-order valence-corrected chi connectivity index (χ3v) is 4.01. The summed E-state index contributed by atoms with van der Waals surface area (Å²) in [5, 5.41) is 13.5. The molecule has 1 heterocycles. The minimum atomic E-state index is -0.744. The number of hydrogen-bond acceptors (Lipinski definition) is 6. The van der Waals surface area contributed by atoms with Gasteiger partial charge in [0.2, 0.25) is 0 Å². The molecule has 138 valence electrons. The van der Waals surface area contributed by atoms with Crippen molar-refractivity contribution in [3.8, 4) is 17.2 Å². The quantitative estimate of drug-likeness (QED) is 0.516. The number of carbonyl (C=O) groups excluding carboxylic acids is 2. The Bertz CT molecular complexity index is 1010. The molecule has 0 aliphatic heterocycles. The van der Waals surface area contributed by atoms with Gasteiger partial charge in [0, 0.05) is 10.8 Å². The van der Waals surface area contributed by atoms with E-state index in [2.05, 4.69) is 15.0 Å². The molecule has 0 saturated carbocycles. The third-order valence-electron chi connectivity index (χ3n) is 3.72. The van der Waals surface area contributed by atoms with Crippen LogP contribution in [0.4, 0.5) is 0 Å². The monoisotopic (exact) mass is 386 g/mol. The van der Waals surface area contributed by atoms with Crippen LogP contribution in [0.25, 0.3) is 10.8 Å². The predicted molar refractivity (Wildman–Crippen MR) is 99.3 cm³/mol. The van der Waals surface area contributed by atoms with Crippen LogP contribution in [0, 0.1) is 0 Å². The van der Waals surface area contributed by atoms with Gasteiger partial charge in [-0.3, -0.25) is 9.59 Å². The molecular weight excluding hydrogens is 372 g/mol. The molecule has 0 atom stereocenters. The number of ether oxygens (including phenoxy) is 2. The normalized spacial score (nSPS) is 10.4. The molecule has 2 aromatic carbocycles. The van der Waals surface area contributed by atoms with E-state index in [1.165, 1.54) is 7.11 Å². The van der Waals surface area contributed by atoms with Gasteiger partial charge in [-0.2, -0.15) is 0 Å². The molecule has 0 saturated heterocycles. The summed E-state index contributed by atoms with van der Waals surface area (Å²) in [5.74, 6) is -0.574. The van der Waals surface area contributed by atoms with Gasteiger partial charge in [-0.25, -0.2) is 4.98 Å². The minimum Gasteiger partial charge on any atom is -0.505 e. The second-order valence-electron chi connectivity index (χ2n) is 5.48. The smallest absolute Gasteiger partial charge is 0.325 e. The highest BCUT2D eigenvalue weighted by molar-refractivity contribution is 6.35. The van der Waals surface area contributed by atoms with Gasteiger partial charge in [0.1, 0.15) is 23.2 Å². The van der Waals surface area contributed by atoms with Gasteiger partial charge in [-0.05, 0) is 30.3 Å². The van der Waals surface area contributed by atoms with Gasteiger partial charge < -0.3 is 19.9 Å². The van der Waals surface area contributed by atoms with E-state index in [1.54, 1.807) is 30.3 Å². The molecule has 0 aliphatic rings. The van der Waals surface area contributed by atoms with E-state index in [1.807, 2.05) is 18.2 Å². The molecule has 0 unspecified atom stereocenters. The molecule has 1 aromatic heterocycles. The molecule has 1 amide bonds. The van der Waals surface area contributed by atoms with E-state index in [0.29, 0.717) is 22.3 Å². The van der Waals surface area contributed by atoms with E-state index in [9.17, 15) is 14.7 Å². The van der Waals surface area contributed by atoms with Crippen LogP contribution in [0.2, 0.25) is 5.15 Å². The highest BCUT2D eigenvalue weighted by atomic mass is 35.5. The van der Waals surface area contributed by atoms with Crippen LogP contribution in [0.1, 0.15) is 10.5 Å². The van der Waals surface area contributed by atoms with Crippen molar-refractivity contribution in [1.29, 1.82) is 0 Å². The minimum absolute atomic E-state index is 0.0181. The Morgan fingerprint density at radius 3 is 2.56 bits per heavy atom. The number of amides is 1. The molecule has 7 nitrogen and oxygen atoms in total. The number of benzene rings is 2.